The van der Waals surface area contributed by atoms with Gasteiger partial charge in [0.1, 0.15) is 24.2 Å². The van der Waals surface area contributed by atoms with Crippen LogP contribution in [0, 0.1) is 6.92 Å². The minimum absolute atomic E-state index is 0.0591. The van der Waals surface area contributed by atoms with Gasteiger partial charge in [-0.1, -0.05) is 12.1 Å². The van der Waals surface area contributed by atoms with E-state index in [9.17, 15) is 4.79 Å². The van der Waals surface area contributed by atoms with Crippen molar-refractivity contribution in [3.8, 4) is 0 Å². The molecule has 2 heterocycles. The van der Waals surface area contributed by atoms with Crippen LogP contribution in [-0.4, -0.2) is 31.6 Å². The first-order valence-corrected chi connectivity index (χ1v) is 8.47. The van der Waals surface area contributed by atoms with Gasteiger partial charge in [-0.05, 0) is 49.6 Å². The third-order valence-corrected chi connectivity index (χ3v) is 4.38. The summed E-state index contributed by atoms with van der Waals surface area (Å²) in [4.78, 5) is 18.8. The molecular formula is C19H20N4O2. The Hall–Kier alpha value is -2.89. The van der Waals surface area contributed by atoms with Gasteiger partial charge < -0.3 is 9.32 Å². The molecule has 128 valence electrons. The highest BCUT2D eigenvalue weighted by molar-refractivity contribution is 5.94. The number of hydrogen-bond acceptors (Lipinski definition) is 4. The van der Waals surface area contributed by atoms with Gasteiger partial charge in [0.2, 0.25) is 0 Å². The van der Waals surface area contributed by atoms with Gasteiger partial charge in [0, 0.05) is 11.6 Å². The zero-order chi connectivity index (χ0) is 17.2. The van der Waals surface area contributed by atoms with Crippen LogP contribution in [0.4, 0.5) is 0 Å². The van der Waals surface area contributed by atoms with E-state index in [0.29, 0.717) is 24.7 Å². The molecule has 1 saturated carbocycles. The fourth-order valence-electron chi connectivity index (χ4n) is 2.91. The number of rotatable bonds is 6. The minimum atomic E-state index is 0.0591. The van der Waals surface area contributed by atoms with Crippen molar-refractivity contribution in [2.45, 2.75) is 38.9 Å². The highest BCUT2D eigenvalue weighted by atomic mass is 16.3. The summed E-state index contributed by atoms with van der Waals surface area (Å²) in [5, 5.41) is 4.10. The van der Waals surface area contributed by atoms with Crippen molar-refractivity contribution in [2.75, 3.05) is 0 Å². The van der Waals surface area contributed by atoms with Crippen molar-refractivity contribution in [3.05, 3.63) is 71.7 Å². The predicted molar refractivity (Wildman–Crippen MR) is 91.9 cm³/mol. The third kappa shape index (κ3) is 3.63. The summed E-state index contributed by atoms with van der Waals surface area (Å²) in [7, 11) is 0. The van der Waals surface area contributed by atoms with E-state index in [1.165, 1.54) is 6.33 Å². The summed E-state index contributed by atoms with van der Waals surface area (Å²) in [5.41, 5.74) is 1.79. The molecule has 0 saturated heterocycles. The van der Waals surface area contributed by atoms with Crippen LogP contribution in [0.3, 0.4) is 0 Å². The maximum absolute atomic E-state index is 12.9. The standard InChI is InChI=1S/C19H20N4O2/c1-14-2-9-18(25-14)11-23(17-7-8-17)19(24)16-5-3-15(4-6-16)10-22-13-20-12-21-22/h2-6,9,12-13,17H,7-8,10-11H2,1H3. The Morgan fingerprint density at radius 3 is 2.64 bits per heavy atom. The van der Waals surface area contributed by atoms with Crippen molar-refractivity contribution >= 4 is 5.91 Å². The normalized spacial score (nSPS) is 13.8. The Morgan fingerprint density at radius 2 is 2.04 bits per heavy atom. The van der Waals surface area contributed by atoms with Crippen LogP contribution < -0.4 is 0 Å². The number of aromatic nitrogens is 3. The number of furan rings is 1. The smallest absolute Gasteiger partial charge is 0.254 e. The molecule has 0 atom stereocenters. The molecule has 0 radical (unpaired) electrons. The molecule has 0 aliphatic heterocycles. The molecule has 0 N–H and O–H groups in total. The molecule has 0 bridgehead atoms. The maximum Gasteiger partial charge on any atom is 0.254 e. The second-order valence-electron chi connectivity index (χ2n) is 6.47. The van der Waals surface area contributed by atoms with Gasteiger partial charge in [-0.3, -0.25) is 4.79 Å². The van der Waals surface area contributed by atoms with Gasteiger partial charge >= 0.3 is 0 Å². The van der Waals surface area contributed by atoms with E-state index in [2.05, 4.69) is 10.1 Å². The lowest BCUT2D eigenvalue weighted by Gasteiger charge is -2.21. The first-order valence-electron chi connectivity index (χ1n) is 8.47. The first kappa shape index (κ1) is 15.6. The monoisotopic (exact) mass is 336 g/mol. The first-order chi connectivity index (χ1) is 12.2. The molecule has 4 rings (SSSR count). The molecule has 2 aromatic heterocycles. The van der Waals surface area contributed by atoms with E-state index < -0.39 is 0 Å². The molecule has 1 aromatic carbocycles. The number of amides is 1. The molecule has 25 heavy (non-hydrogen) atoms. The summed E-state index contributed by atoms with van der Waals surface area (Å²) < 4.78 is 7.40. The highest BCUT2D eigenvalue weighted by Gasteiger charge is 2.33. The molecule has 1 amide bonds. The molecule has 1 aliphatic carbocycles. The highest BCUT2D eigenvalue weighted by Crippen LogP contribution is 2.30. The van der Waals surface area contributed by atoms with Gasteiger partial charge in [-0.25, -0.2) is 9.67 Å². The predicted octanol–water partition coefficient (Wildman–Crippen LogP) is 3.03. The Balaban J connectivity index is 1.48. The molecule has 6 nitrogen and oxygen atoms in total. The molecule has 3 aromatic rings. The fraction of sp³-hybridized carbons (Fsp3) is 0.316. The summed E-state index contributed by atoms with van der Waals surface area (Å²) >= 11 is 0. The van der Waals surface area contributed by atoms with Gasteiger partial charge in [-0.2, -0.15) is 5.10 Å². The van der Waals surface area contributed by atoms with E-state index in [1.54, 1.807) is 11.0 Å². The molecule has 0 spiro atoms. The average molecular weight is 336 g/mol. The lowest BCUT2D eigenvalue weighted by molar-refractivity contribution is 0.0717. The lowest BCUT2D eigenvalue weighted by atomic mass is 10.1. The zero-order valence-corrected chi connectivity index (χ0v) is 14.1. The number of carbonyl (C=O) groups excluding carboxylic acids is 1. The van der Waals surface area contributed by atoms with Crippen molar-refractivity contribution in [2.24, 2.45) is 0 Å². The van der Waals surface area contributed by atoms with Crippen molar-refractivity contribution in [1.82, 2.24) is 19.7 Å². The SMILES string of the molecule is Cc1ccc(CN(C(=O)c2ccc(Cn3cncn3)cc2)C2CC2)o1. The van der Waals surface area contributed by atoms with E-state index in [0.717, 1.165) is 29.9 Å². The van der Waals surface area contributed by atoms with Crippen LogP contribution in [0.5, 0.6) is 0 Å². The maximum atomic E-state index is 12.9. The molecule has 6 heteroatoms. The van der Waals surface area contributed by atoms with E-state index in [1.807, 2.05) is 48.2 Å². The van der Waals surface area contributed by atoms with Crippen molar-refractivity contribution in [3.63, 3.8) is 0 Å². The quantitative estimate of drug-likeness (QED) is 0.694. The Labute approximate surface area is 146 Å². The van der Waals surface area contributed by atoms with Crippen molar-refractivity contribution < 1.29 is 9.21 Å². The van der Waals surface area contributed by atoms with Crippen LogP contribution in [0.2, 0.25) is 0 Å². The second kappa shape index (κ2) is 6.55. The number of nitrogens with zero attached hydrogens (tertiary/aromatic N) is 4. The fourth-order valence-corrected chi connectivity index (χ4v) is 2.91. The molecular weight excluding hydrogens is 316 g/mol. The summed E-state index contributed by atoms with van der Waals surface area (Å²) in [6.07, 6.45) is 5.33. The topological polar surface area (TPSA) is 64.2 Å². The Bertz CT molecular complexity index is 848. The number of benzene rings is 1. The summed E-state index contributed by atoms with van der Waals surface area (Å²) in [6.45, 7) is 3.09. The van der Waals surface area contributed by atoms with Crippen molar-refractivity contribution in [1.29, 1.82) is 0 Å². The minimum Gasteiger partial charge on any atom is -0.464 e. The number of aryl methyl sites for hydroxylation is 1. The van der Waals surface area contributed by atoms with E-state index >= 15 is 0 Å². The summed E-state index contributed by atoms with van der Waals surface area (Å²) in [6, 6.07) is 11.9. The van der Waals surface area contributed by atoms with E-state index in [-0.39, 0.29) is 5.91 Å². The Morgan fingerprint density at radius 1 is 1.24 bits per heavy atom. The van der Waals surface area contributed by atoms with Gasteiger partial charge in [-0.15, -0.1) is 0 Å². The van der Waals surface area contributed by atoms with Crippen LogP contribution in [-0.2, 0) is 13.1 Å². The van der Waals surface area contributed by atoms with Gasteiger partial charge in [0.25, 0.3) is 5.91 Å². The molecule has 1 aliphatic rings. The van der Waals surface area contributed by atoms with Crippen LogP contribution in [0.25, 0.3) is 0 Å². The largest absolute Gasteiger partial charge is 0.464 e. The van der Waals surface area contributed by atoms with Crippen LogP contribution in [0.1, 0.15) is 40.3 Å². The number of hydrogen-bond donors (Lipinski definition) is 0. The van der Waals surface area contributed by atoms with Gasteiger partial charge in [0.15, 0.2) is 0 Å². The molecule has 1 fully saturated rings. The zero-order valence-electron chi connectivity index (χ0n) is 14.1. The molecule has 0 unspecified atom stereocenters. The summed E-state index contributed by atoms with van der Waals surface area (Å²) in [5.74, 6) is 1.76. The van der Waals surface area contributed by atoms with Crippen LogP contribution >= 0.6 is 0 Å². The van der Waals surface area contributed by atoms with Crippen LogP contribution in [0.15, 0.2) is 53.5 Å². The van der Waals surface area contributed by atoms with E-state index in [4.69, 9.17) is 4.42 Å². The average Bonchev–Trinajstić information content (AvgIpc) is 3.17. The lowest BCUT2D eigenvalue weighted by Crippen LogP contribution is -2.32. The second-order valence-corrected chi connectivity index (χ2v) is 6.47. The Kier molecular flexibility index (Phi) is 4.09. The third-order valence-electron chi connectivity index (χ3n) is 4.38. The number of carbonyl (C=O) groups is 1. The van der Waals surface area contributed by atoms with Gasteiger partial charge in [0.05, 0.1) is 13.1 Å².